The number of aryl methyl sites for hydroxylation is 2. The Bertz CT molecular complexity index is 1370. The first-order valence-electron chi connectivity index (χ1n) is 9.27. The fraction of sp³-hybridized carbons (Fsp3) is 0.136. The Hall–Kier alpha value is -3.52. The van der Waals surface area contributed by atoms with Crippen molar-refractivity contribution in [2.24, 2.45) is 0 Å². The molecule has 30 heavy (non-hydrogen) atoms. The van der Waals surface area contributed by atoms with Crippen molar-refractivity contribution in [1.82, 2.24) is 9.38 Å². The molecule has 0 unspecified atom stereocenters. The molecule has 0 aliphatic heterocycles. The molecule has 2 aromatic carbocycles. The molecule has 2 aromatic heterocycles. The maximum Gasteiger partial charge on any atom is 0.352 e. The van der Waals surface area contributed by atoms with Crippen LogP contribution in [0.3, 0.4) is 0 Å². The fourth-order valence-corrected chi connectivity index (χ4v) is 4.71. The van der Waals surface area contributed by atoms with Gasteiger partial charge in [0.25, 0.3) is 0 Å². The topological polar surface area (TPSA) is 94.6 Å². The highest BCUT2D eigenvalue weighted by atomic mass is 32.2. The number of pyridine rings is 1. The first kappa shape index (κ1) is 19.8. The van der Waals surface area contributed by atoms with Crippen LogP contribution in [-0.2, 0) is 15.6 Å². The van der Waals surface area contributed by atoms with Gasteiger partial charge in [0.2, 0.25) is 5.65 Å². The summed E-state index contributed by atoms with van der Waals surface area (Å²) in [5, 5.41) is 11.8. The first-order chi connectivity index (χ1) is 14.3. The van der Waals surface area contributed by atoms with E-state index in [1.165, 1.54) is 16.5 Å². The minimum absolute atomic E-state index is 0.0810. The Morgan fingerprint density at radius 2 is 1.70 bits per heavy atom. The van der Waals surface area contributed by atoms with Crippen molar-refractivity contribution in [2.75, 3.05) is 0 Å². The molecule has 4 aromatic rings. The number of benzene rings is 2. The van der Waals surface area contributed by atoms with Crippen LogP contribution in [0.5, 0.6) is 0 Å². The third-order valence-corrected chi connectivity index (χ3v) is 6.64. The van der Waals surface area contributed by atoms with Crippen molar-refractivity contribution in [3.05, 3.63) is 93.8 Å². The lowest BCUT2D eigenvalue weighted by Gasteiger charge is -2.05. The summed E-state index contributed by atoms with van der Waals surface area (Å²) in [6, 6.07) is 17.6. The van der Waals surface area contributed by atoms with Crippen LogP contribution in [0.4, 0.5) is 5.82 Å². The third-order valence-electron chi connectivity index (χ3n) is 5.00. The quantitative estimate of drug-likeness (QED) is 0.349. The normalized spacial score (nSPS) is 11.7. The number of hydrogen-bond donors (Lipinski definition) is 0. The molecule has 0 radical (unpaired) electrons. The van der Waals surface area contributed by atoms with Gasteiger partial charge in [-0.05, 0) is 48.1 Å². The molecule has 0 atom stereocenters. The number of rotatable bonds is 5. The van der Waals surface area contributed by atoms with Crippen molar-refractivity contribution in [3.8, 4) is 11.1 Å². The third kappa shape index (κ3) is 3.57. The summed E-state index contributed by atoms with van der Waals surface area (Å²) in [6.07, 6.45) is 1.63. The zero-order chi connectivity index (χ0) is 21.5. The number of nitrogens with zero attached hydrogens (tertiary/aromatic N) is 3. The van der Waals surface area contributed by atoms with Gasteiger partial charge < -0.3 is 10.1 Å². The van der Waals surface area contributed by atoms with Crippen LogP contribution in [0, 0.1) is 24.0 Å². The van der Waals surface area contributed by atoms with Crippen LogP contribution in [0.25, 0.3) is 16.8 Å². The van der Waals surface area contributed by atoms with Gasteiger partial charge in [-0.3, -0.25) is 0 Å². The molecule has 0 saturated carbocycles. The molecule has 0 N–H and O–H groups in total. The highest BCUT2D eigenvalue weighted by Gasteiger charge is 2.28. The van der Waals surface area contributed by atoms with E-state index in [1.54, 1.807) is 24.4 Å². The molecule has 152 valence electrons. The molecule has 8 heteroatoms. The van der Waals surface area contributed by atoms with Crippen LogP contribution < -0.4 is 0 Å². The molecule has 0 aliphatic carbocycles. The fourth-order valence-electron chi connectivity index (χ4n) is 3.44. The Morgan fingerprint density at radius 3 is 2.37 bits per heavy atom. The second-order valence-electron chi connectivity index (χ2n) is 7.17. The van der Waals surface area contributed by atoms with Crippen molar-refractivity contribution in [3.63, 3.8) is 0 Å². The molecule has 0 amide bonds. The summed E-state index contributed by atoms with van der Waals surface area (Å²) in [5.41, 5.74) is 3.93. The largest absolute Gasteiger partial charge is 0.358 e. The van der Waals surface area contributed by atoms with Crippen molar-refractivity contribution in [1.29, 1.82) is 0 Å². The maximum atomic E-state index is 12.8. The number of fused-ring (bicyclic) bond motifs is 1. The summed E-state index contributed by atoms with van der Waals surface area (Å²) in [7, 11) is -3.78. The van der Waals surface area contributed by atoms with Crippen LogP contribution >= 0.6 is 0 Å². The van der Waals surface area contributed by atoms with Crippen LogP contribution in [-0.4, -0.2) is 22.7 Å². The molecule has 2 heterocycles. The Balaban J connectivity index is 1.83. The number of aromatic nitrogens is 2. The number of hydrogen-bond acceptors (Lipinski definition) is 5. The van der Waals surface area contributed by atoms with Gasteiger partial charge in [0.05, 0.1) is 4.90 Å². The Morgan fingerprint density at radius 1 is 1.00 bits per heavy atom. The van der Waals surface area contributed by atoms with Gasteiger partial charge in [0, 0.05) is 11.6 Å². The molecule has 0 fully saturated rings. The smallest absolute Gasteiger partial charge is 0.352 e. The predicted molar refractivity (Wildman–Crippen MR) is 114 cm³/mol. The molecular formula is C22H19N3O4S. The van der Waals surface area contributed by atoms with E-state index in [4.69, 9.17) is 0 Å². The van der Waals surface area contributed by atoms with E-state index in [2.05, 4.69) is 4.98 Å². The van der Waals surface area contributed by atoms with E-state index in [-0.39, 0.29) is 16.4 Å². The Kier molecular flexibility index (Phi) is 4.87. The van der Waals surface area contributed by atoms with Gasteiger partial charge in [-0.25, -0.2) is 13.4 Å². The lowest BCUT2D eigenvalue weighted by Crippen LogP contribution is -2.07. The highest BCUT2D eigenvalue weighted by molar-refractivity contribution is 7.90. The zero-order valence-corrected chi connectivity index (χ0v) is 17.3. The van der Waals surface area contributed by atoms with E-state index in [0.717, 1.165) is 22.3 Å². The van der Waals surface area contributed by atoms with E-state index in [9.17, 15) is 18.5 Å². The van der Waals surface area contributed by atoms with E-state index >= 15 is 0 Å². The molecule has 7 nitrogen and oxygen atoms in total. The lowest BCUT2D eigenvalue weighted by molar-refractivity contribution is -0.391. The zero-order valence-electron chi connectivity index (χ0n) is 16.4. The minimum Gasteiger partial charge on any atom is -0.358 e. The number of nitro groups is 1. The van der Waals surface area contributed by atoms with Gasteiger partial charge in [0.15, 0.2) is 15.5 Å². The summed E-state index contributed by atoms with van der Waals surface area (Å²) < 4.78 is 27.0. The standard InChI is InChI=1S/C22H19N3O4S/c1-15-7-10-18(11-8-15)30(28,29)14-20-22(25(26)27)24-13-17(9-12-21(24)23-20)19-6-4-3-5-16(19)2/h3-13H,14H2,1-2H3. The molecule has 4 rings (SSSR count). The highest BCUT2D eigenvalue weighted by Crippen LogP contribution is 2.29. The van der Waals surface area contributed by atoms with E-state index in [0.29, 0.717) is 5.65 Å². The lowest BCUT2D eigenvalue weighted by atomic mass is 10.0. The molecule has 0 spiro atoms. The van der Waals surface area contributed by atoms with Crippen molar-refractivity contribution in [2.45, 2.75) is 24.5 Å². The molecule has 0 saturated heterocycles. The van der Waals surface area contributed by atoms with Gasteiger partial charge in [0.1, 0.15) is 11.9 Å². The van der Waals surface area contributed by atoms with E-state index in [1.807, 2.05) is 44.2 Å². The summed E-state index contributed by atoms with van der Waals surface area (Å²) >= 11 is 0. The van der Waals surface area contributed by atoms with Crippen molar-refractivity contribution < 1.29 is 13.3 Å². The average Bonchev–Trinajstić information content (AvgIpc) is 3.05. The van der Waals surface area contributed by atoms with Gasteiger partial charge in [-0.15, -0.1) is 0 Å². The first-order valence-corrected chi connectivity index (χ1v) is 10.9. The minimum atomic E-state index is -3.78. The van der Waals surface area contributed by atoms with E-state index < -0.39 is 20.5 Å². The van der Waals surface area contributed by atoms with Gasteiger partial charge in [-0.2, -0.15) is 4.40 Å². The predicted octanol–water partition coefficient (Wildman–Crippen LogP) is 4.50. The maximum absolute atomic E-state index is 12.8. The van der Waals surface area contributed by atoms with Crippen molar-refractivity contribution >= 4 is 21.3 Å². The van der Waals surface area contributed by atoms with Crippen LogP contribution in [0.2, 0.25) is 0 Å². The monoisotopic (exact) mass is 421 g/mol. The molecule has 0 aliphatic rings. The summed E-state index contributed by atoms with van der Waals surface area (Å²) in [6.45, 7) is 3.82. The van der Waals surface area contributed by atoms with Crippen LogP contribution in [0.15, 0.2) is 71.8 Å². The molecule has 0 bridgehead atoms. The second kappa shape index (κ2) is 7.38. The van der Waals surface area contributed by atoms with Gasteiger partial charge >= 0.3 is 5.82 Å². The molecular weight excluding hydrogens is 402 g/mol. The van der Waals surface area contributed by atoms with Gasteiger partial charge in [-0.1, -0.05) is 42.0 Å². The number of imidazole rings is 1. The summed E-state index contributed by atoms with van der Waals surface area (Å²) in [4.78, 5) is 15.6. The Labute approximate surface area is 173 Å². The number of sulfone groups is 1. The average molecular weight is 421 g/mol. The SMILES string of the molecule is Cc1ccc(S(=O)(=O)Cc2nc3ccc(-c4ccccc4C)cn3c2[N+](=O)[O-])cc1. The van der Waals surface area contributed by atoms with Crippen LogP contribution in [0.1, 0.15) is 16.8 Å². The second-order valence-corrected chi connectivity index (χ2v) is 9.16. The summed E-state index contributed by atoms with van der Waals surface area (Å²) in [5.74, 6) is -0.885.